The van der Waals surface area contributed by atoms with Crippen molar-refractivity contribution < 1.29 is 9.53 Å². The molecule has 0 saturated heterocycles. The van der Waals surface area contributed by atoms with Crippen LogP contribution in [0.5, 0.6) is 5.75 Å². The zero-order valence-corrected chi connectivity index (χ0v) is 12.9. The van der Waals surface area contributed by atoms with Crippen molar-refractivity contribution in [2.45, 2.75) is 38.6 Å². The summed E-state index contributed by atoms with van der Waals surface area (Å²) in [6.45, 7) is 2.25. The molecular formula is C18H22N2O2. The van der Waals surface area contributed by atoms with E-state index in [2.05, 4.69) is 17.2 Å². The molecule has 22 heavy (non-hydrogen) atoms. The molecule has 2 aromatic rings. The van der Waals surface area contributed by atoms with Crippen LogP contribution in [0.1, 0.15) is 32.6 Å². The number of benzene rings is 1. The van der Waals surface area contributed by atoms with Gasteiger partial charge in [0.1, 0.15) is 11.3 Å². The van der Waals surface area contributed by atoms with Gasteiger partial charge in [-0.3, -0.25) is 9.78 Å². The minimum Gasteiger partial charge on any atom is -0.481 e. The summed E-state index contributed by atoms with van der Waals surface area (Å²) in [5.74, 6) is 1.16. The number of carbonyl (C=O) groups excluding carboxylic acids is 1. The van der Waals surface area contributed by atoms with E-state index in [4.69, 9.17) is 4.74 Å². The molecule has 4 nitrogen and oxygen atoms in total. The summed E-state index contributed by atoms with van der Waals surface area (Å²) < 4.78 is 5.68. The van der Waals surface area contributed by atoms with Crippen molar-refractivity contribution in [3.63, 3.8) is 0 Å². The van der Waals surface area contributed by atoms with Crippen LogP contribution in [0.3, 0.4) is 0 Å². The van der Waals surface area contributed by atoms with Crippen molar-refractivity contribution >= 4 is 16.8 Å². The van der Waals surface area contributed by atoms with Gasteiger partial charge in [0.2, 0.25) is 0 Å². The van der Waals surface area contributed by atoms with Gasteiger partial charge in [-0.05, 0) is 30.9 Å². The molecule has 1 N–H and O–H groups in total. The first-order chi connectivity index (χ1) is 10.7. The molecule has 1 aromatic heterocycles. The first-order valence-corrected chi connectivity index (χ1v) is 8.00. The molecule has 0 bridgehead atoms. The van der Waals surface area contributed by atoms with E-state index in [9.17, 15) is 4.79 Å². The Morgan fingerprint density at radius 3 is 2.95 bits per heavy atom. The zero-order chi connectivity index (χ0) is 15.4. The highest BCUT2D eigenvalue weighted by atomic mass is 16.5. The number of nitrogens with zero attached hydrogens (tertiary/aromatic N) is 1. The number of nitrogens with one attached hydrogen (secondary N) is 1. The molecule has 3 rings (SSSR count). The average molecular weight is 298 g/mol. The van der Waals surface area contributed by atoms with Crippen molar-refractivity contribution in [2.24, 2.45) is 5.92 Å². The van der Waals surface area contributed by atoms with E-state index in [1.165, 1.54) is 19.3 Å². The Balaban J connectivity index is 1.60. The molecule has 1 fully saturated rings. The molecule has 0 aliphatic heterocycles. The van der Waals surface area contributed by atoms with Gasteiger partial charge in [-0.15, -0.1) is 0 Å². The van der Waals surface area contributed by atoms with E-state index in [-0.39, 0.29) is 18.6 Å². The number of pyridine rings is 1. The second-order valence-corrected chi connectivity index (χ2v) is 6.06. The number of para-hydroxylation sites is 1. The van der Waals surface area contributed by atoms with E-state index in [1.807, 2.05) is 30.3 Å². The topological polar surface area (TPSA) is 51.2 Å². The maximum absolute atomic E-state index is 12.1. The normalized spacial score (nSPS) is 21.5. The molecule has 0 spiro atoms. The summed E-state index contributed by atoms with van der Waals surface area (Å²) in [4.78, 5) is 16.4. The number of carbonyl (C=O) groups is 1. The van der Waals surface area contributed by atoms with E-state index >= 15 is 0 Å². The third-order valence-corrected chi connectivity index (χ3v) is 4.41. The van der Waals surface area contributed by atoms with Gasteiger partial charge in [-0.25, -0.2) is 0 Å². The Morgan fingerprint density at radius 2 is 2.09 bits per heavy atom. The fourth-order valence-corrected chi connectivity index (χ4v) is 3.12. The van der Waals surface area contributed by atoms with Crippen LogP contribution in [0.25, 0.3) is 10.9 Å². The average Bonchev–Trinajstić information content (AvgIpc) is 2.55. The molecule has 1 aliphatic rings. The lowest BCUT2D eigenvalue weighted by molar-refractivity contribution is -0.124. The van der Waals surface area contributed by atoms with Gasteiger partial charge in [0.25, 0.3) is 5.91 Å². The van der Waals surface area contributed by atoms with Crippen molar-refractivity contribution in [1.29, 1.82) is 0 Å². The smallest absolute Gasteiger partial charge is 0.258 e. The Morgan fingerprint density at radius 1 is 1.27 bits per heavy atom. The molecule has 0 unspecified atom stereocenters. The standard InChI is InChI=1S/C18H22N2O2/c1-13-6-2-3-9-15(13)20-17(21)12-22-16-10-4-7-14-8-5-11-19-18(14)16/h4-5,7-8,10-11,13,15H,2-3,6,9,12H2,1H3,(H,20,21)/t13-,15+/m0/s1. The number of amides is 1. The molecule has 0 radical (unpaired) electrons. The third-order valence-electron chi connectivity index (χ3n) is 4.41. The van der Waals surface area contributed by atoms with Crippen LogP contribution in [0.2, 0.25) is 0 Å². The lowest BCUT2D eigenvalue weighted by Gasteiger charge is -2.29. The predicted molar refractivity (Wildman–Crippen MR) is 86.8 cm³/mol. The highest BCUT2D eigenvalue weighted by Gasteiger charge is 2.22. The number of ether oxygens (including phenoxy) is 1. The van der Waals surface area contributed by atoms with E-state index in [1.54, 1.807) is 6.20 Å². The predicted octanol–water partition coefficient (Wildman–Crippen LogP) is 3.31. The fourth-order valence-electron chi connectivity index (χ4n) is 3.12. The Kier molecular flexibility index (Phi) is 4.56. The van der Waals surface area contributed by atoms with E-state index < -0.39 is 0 Å². The van der Waals surface area contributed by atoms with Crippen LogP contribution in [0.4, 0.5) is 0 Å². The minimum atomic E-state index is -0.0494. The van der Waals surface area contributed by atoms with Gasteiger partial charge in [0.15, 0.2) is 6.61 Å². The van der Waals surface area contributed by atoms with E-state index in [0.29, 0.717) is 11.7 Å². The van der Waals surface area contributed by atoms with Crippen LogP contribution in [-0.2, 0) is 4.79 Å². The Hall–Kier alpha value is -2.10. The molecule has 1 amide bonds. The first-order valence-electron chi connectivity index (χ1n) is 8.00. The van der Waals surface area contributed by atoms with Crippen molar-refractivity contribution in [3.05, 3.63) is 36.5 Å². The minimum absolute atomic E-state index is 0.0406. The molecule has 2 atom stereocenters. The summed E-state index contributed by atoms with van der Waals surface area (Å²) >= 11 is 0. The summed E-state index contributed by atoms with van der Waals surface area (Å²) in [6.07, 6.45) is 6.47. The van der Waals surface area contributed by atoms with Crippen LogP contribution < -0.4 is 10.1 Å². The van der Waals surface area contributed by atoms with Gasteiger partial charge in [-0.2, -0.15) is 0 Å². The number of fused-ring (bicyclic) bond motifs is 1. The van der Waals surface area contributed by atoms with Gasteiger partial charge < -0.3 is 10.1 Å². The highest BCUT2D eigenvalue weighted by molar-refractivity contribution is 5.85. The summed E-state index contributed by atoms with van der Waals surface area (Å²) in [6, 6.07) is 9.92. The Bertz CT molecular complexity index is 651. The maximum atomic E-state index is 12.1. The third kappa shape index (κ3) is 3.38. The maximum Gasteiger partial charge on any atom is 0.258 e. The number of hydrogen-bond donors (Lipinski definition) is 1. The van der Waals surface area contributed by atoms with Crippen LogP contribution in [0, 0.1) is 5.92 Å². The van der Waals surface area contributed by atoms with Crippen LogP contribution in [0.15, 0.2) is 36.5 Å². The summed E-state index contributed by atoms with van der Waals surface area (Å²) in [5, 5.41) is 4.12. The van der Waals surface area contributed by atoms with Crippen molar-refractivity contribution in [2.75, 3.05) is 6.61 Å². The van der Waals surface area contributed by atoms with E-state index in [0.717, 1.165) is 17.3 Å². The largest absolute Gasteiger partial charge is 0.481 e. The lowest BCUT2D eigenvalue weighted by atomic mass is 9.86. The molecular weight excluding hydrogens is 276 g/mol. The van der Waals surface area contributed by atoms with Crippen molar-refractivity contribution in [1.82, 2.24) is 10.3 Å². The number of hydrogen-bond acceptors (Lipinski definition) is 3. The SMILES string of the molecule is C[C@H]1CCCC[C@H]1NC(=O)COc1cccc2cccnc12. The summed E-state index contributed by atoms with van der Waals surface area (Å²) in [7, 11) is 0. The molecule has 1 saturated carbocycles. The molecule has 1 heterocycles. The quantitative estimate of drug-likeness (QED) is 0.942. The molecule has 1 aromatic carbocycles. The summed E-state index contributed by atoms with van der Waals surface area (Å²) in [5.41, 5.74) is 0.795. The van der Waals surface area contributed by atoms with Crippen LogP contribution in [-0.4, -0.2) is 23.5 Å². The fraction of sp³-hybridized carbons (Fsp3) is 0.444. The zero-order valence-electron chi connectivity index (χ0n) is 12.9. The van der Waals surface area contributed by atoms with Gasteiger partial charge >= 0.3 is 0 Å². The Labute approximate surface area is 130 Å². The van der Waals surface area contributed by atoms with Gasteiger partial charge in [0, 0.05) is 17.6 Å². The number of aromatic nitrogens is 1. The highest BCUT2D eigenvalue weighted by Crippen LogP contribution is 2.24. The van der Waals surface area contributed by atoms with Crippen LogP contribution >= 0.6 is 0 Å². The monoisotopic (exact) mass is 298 g/mol. The number of rotatable bonds is 4. The molecule has 4 heteroatoms. The molecule has 1 aliphatic carbocycles. The van der Waals surface area contributed by atoms with Gasteiger partial charge in [0.05, 0.1) is 0 Å². The second kappa shape index (κ2) is 6.77. The molecule has 116 valence electrons. The van der Waals surface area contributed by atoms with Crippen molar-refractivity contribution in [3.8, 4) is 5.75 Å². The first kappa shape index (κ1) is 14.8. The second-order valence-electron chi connectivity index (χ2n) is 6.06. The van der Waals surface area contributed by atoms with Gasteiger partial charge in [-0.1, -0.05) is 38.0 Å². The lowest BCUT2D eigenvalue weighted by Crippen LogP contribution is -2.43.